The molecule has 0 saturated carbocycles. The number of benzene rings is 2. The third-order valence-electron chi connectivity index (χ3n) is 5.25. The largest absolute Gasteiger partial charge is 0.416 e. The Morgan fingerprint density at radius 1 is 1.00 bits per heavy atom. The molecule has 0 spiro atoms. The molecule has 4 rings (SSSR count). The van der Waals surface area contributed by atoms with Crippen molar-refractivity contribution in [2.45, 2.75) is 19.0 Å². The van der Waals surface area contributed by atoms with Crippen LogP contribution in [0.1, 0.15) is 33.7 Å². The van der Waals surface area contributed by atoms with E-state index in [9.17, 15) is 18.0 Å². The van der Waals surface area contributed by atoms with E-state index in [1.165, 1.54) is 23.7 Å². The van der Waals surface area contributed by atoms with Crippen LogP contribution < -0.4 is 4.90 Å². The lowest BCUT2D eigenvalue weighted by molar-refractivity contribution is -0.137. The zero-order chi connectivity index (χ0) is 22.7. The molecule has 10 heteroatoms. The summed E-state index contributed by atoms with van der Waals surface area (Å²) in [7, 11) is 0. The van der Waals surface area contributed by atoms with Crippen LogP contribution in [0.2, 0.25) is 5.02 Å². The third-order valence-corrected chi connectivity index (χ3v) is 6.31. The molecule has 1 aliphatic rings. The zero-order valence-electron chi connectivity index (χ0n) is 17.0. The van der Waals surface area contributed by atoms with Crippen LogP contribution in [0.3, 0.4) is 0 Å². The second kappa shape index (κ2) is 9.46. The van der Waals surface area contributed by atoms with E-state index in [1.54, 1.807) is 4.90 Å². The van der Waals surface area contributed by atoms with Gasteiger partial charge in [0.25, 0.3) is 5.91 Å². The first-order valence-electron chi connectivity index (χ1n) is 10.1. The molecule has 0 radical (unpaired) electrons. The molecule has 1 amide bonds. The molecule has 1 aromatic heterocycles. The minimum absolute atomic E-state index is 0.257. The molecule has 2 aromatic carbocycles. The lowest BCUT2D eigenvalue weighted by Crippen LogP contribution is -2.35. The smallest absolute Gasteiger partial charge is 0.345 e. The summed E-state index contributed by atoms with van der Waals surface area (Å²) in [6, 6.07) is 11.9. The number of carbonyl (C=O) groups is 1. The third kappa shape index (κ3) is 5.39. The summed E-state index contributed by atoms with van der Waals surface area (Å²) in [6.07, 6.45) is -3.07. The summed E-state index contributed by atoms with van der Waals surface area (Å²) in [5.74, 6) is 0.468. The van der Waals surface area contributed by atoms with Crippen molar-refractivity contribution in [1.82, 2.24) is 14.3 Å². The summed E-state index contributed by atoms with van der Waals surface area (Å²) in [6.45, 7) is 2.31. The molecule has 3 aromatic rings. The summed E-state index contributed by atoms with van der Waals surface area (Å²) < 4.78 is 42.7. The summed E-state index contributed by atoms with van der Waals surface area (Å²) >= 11 is 7.25. The Labute approximate surface area is 192 Å². The maximum absolute atomic E-state index is 12.8. The quantitative estimate of drug-likeness (QED) is 0.518. The number of hydrogen-bond acceptors (Lipinski definition) is 5. The minimum Gasteiger partial charge on any atom is -0.345 e. The van der Waals surface area contributed by atoms with E-state index < -0.39 is 11.7 Å². The molecule has 0 aliphatic carbocycles. The number of anilines is 1. The van der Waals surface area contributed by atoms with Crippen molar-refractivity contribution < 1.29 is 18.0 Å². The highest BCUT2D eigenvalue weighted by Gasteiger charge is 2.30. The number of carbonyl (C=O) groups excluding carboxylic acids is 1. The number of nitrogens with zero attached hydrogens (tertiary/aromatic N) is 4. The molecule has 1 fully saturated rings. The van der Waals surface area contributed by atoms with E-state index in [1.807, 2.05) is 24.3 Å². The van der Waals surface area contributed by atoms with Crippen LogP contribution in [-0.4, -0.2) is 46.3 Å². The molecular formula is C22H20ClF3N4OS. The first kappa shape index (κ1) is 22.5. The van der Waals surface area contributed by atoms with Gasteiger partial charge in [-0.2, -0.15) is 17.5 Å². The van der Waals surface area contributed by atoms with Gasteiger partial charge in [-0.3, -0.25) is 4.79 Å². The van der Waals surface area contributed by atoms with E-state index in [-0.39, 0.29) is 11.5 Å². The first-order chi connectivity index (χ1) is 15.3. The molecule has 0 bridgehead atoms. The molecule has 32 heavy (non-hydrogen) atoms. The van der Waals surface area contributed by atoms with Crippen LogP contribution in [0.5, 0.6) is 0 Å². The van der Waals surface area contributed by atoms with E-state index in [0.29, 0.717) is 31.1 Å². The second-order valence-corrected chi connectivity index (χ2v) is 8.67. The van der Waals surface area contributed by atoms with Crippen LogP contribution in [0.15, 0.2) is 48.5 Å². The van der Waals surface area contributed by atoms with Gasteiger partial charge < -0.3 is 9.80 Å². The van der Waals surface area contributed by atoms with Gasteiger partial charge in [-0.15, -0.1) is 0 Å². The number of rotatable bonds is 4. The van der Waals surface area contributed by atoms with Crippen LogP contribution in [-0.2, 0) is 12.6 Å². The van der Waals surface area contributed by atoms with E-state index in [0.717, 1.165) is 41.6 Å². The number of aromatic nitrogens is 2. The molecule has 1 aliphatic heterocycles. The Morgan fingerprint density at radius 2 is 1.72 bits per heavy atom. The summed E-state index contributed by atoms with van der Waals surface area (Å²) in [5, 5.41) is 1.48. The van der Waals surface area contributed by atoms with Gasteiger partial charge in [0.1, 0.15) is 5.82 Å². The van der Waals surface area contributed by atoms with Crippen molar-refractivity contribution in [3.05, 3.63) is 76.1 Å². The lowest BCUT2D eigenvalue weighted by atomic mass is 10.1. The predicted molar refractivity (Wildman–Crippen MR) is 118 cm³/mol. The fourth-order valence-electron chi connectivity index (χ4n) is 3.53. The molecule has 5 nitrogen and oxygen atoms in total. The number of amides is 1. The lowest BCUT2D eigenvalue weighted by Gasteiger charge is -2.21. The van der Waals surface area contributed by atoms with Gasteiger partial charge in [-0.25, -0.2) is 4.98 Å². The van der Waals surface area contributed by atoms with E-state index in [2.05, 4.69) is 14.3 Å². The van der Waals surface area contributed by atoms with Gasteiger partial charge >= 0.3 is 6.18 Å². The monoisotopic (exact) mass is 480 g/mol. The highest BCUT2D eigenvalue weighted by Crippen LogP contribution is 2.29. The standard InChI is InChI=1S/C22H20ClF3N4OS/c23-18-8-2-15(3-9-18)14-19-27-21(32-28-19)30-11-1-10-29(12-13-30)20(31)16-4-6-17(7-5-16)22(24,25)26/h2-9H,1,10-14H2. The SMILES string of the molecule is O=C(c1ccc(C(F)(F)F)cc1)N1CCCN(c2nc(Cc3ccc(Cl)cc3)ns2)CC1. The van der Waals surface area contributed by atoms with Crippen molar-refractivity contribution in [3.63, 3.8) is 0 Å². The second-order valence-electron chi connectivity index (χ2n) is 7.50. The number of hydrogen-bond donors (Lipinski definition) is 0. The van der Waals surface area contributed by atoms with Gasteiger partial charge in [0.2, 0.25) is 5.13 Å². The molecular weight excluding hydrogens is 461 g/mol. The predicted octanol–water partition coefficient (Wildman–Crippen LogP) is 5.15. The maximum atomic E-state index is 12.8. The fraction of sp³-hybridized carbons (Fsp3) is 0.318. The fourth-order valence-corrected chi connectivity index (χ4v) is 4.39. The van der Waals surface area contributed by atoms with Crippen LogP contribution in [0.4, 0.5) is 18.3 Å². The van der Waals surface area contributed by atoms with Crippen molar-refractivity contribution in [1.29, 1.82) is 0 Å². The van der Waals surface area contributed by atoms with Crippen molar-refractivity contribution >= 4 is 34.2 Å². The van der Waals surface area contributed by atoms with Crippen LogP contribution in [0, 0.1) is 0 Å². The Morgan fingerprint density at radius 3 is 2.41 bits per heavy atom. The highest BCUT2D eigenvalue weighted by atomic mass is 35.5. The van der Waals surface area contributed by atoms with Crippen molar-refractivity contribution in [2.75, 3.05) is 31.1 Å². The van der Waals surface area contributed by atoms with E-state index >= 15 is 0 Å². The van der Waals surface area contributed by atoms with Crippen LogP contribution in [0.25, 0.3) is 0 Å². The Kier molecular flexibility index (Phi) is 6.66. The number of alkyl halides is 3. The van der Waals surface area contributed by atoms with Gasteiger partial charge in [0.15, 0.2) is 0 Å². The topological polar surface area (TPSA) is 49.3 Å². The number of halogens is 4. The van der Waals surface area contributed by atoms with Crippen LogP contribution >= 0.6 is 23.1 Å². The minimum atomic E-state index is -4.42. The molecule has 0 atom stereocenters. The maximum Gasteiger partial charge on any atom is 0.416 e. The molecule has 0 N–H and O–H groups in total. The summed E-state index contributed by atoms with van der Waals surface area (Å²) in [4.78, 5) is 21.2. The van der Waals surface area contributed by atoms with Crippen molar-refractivity contribution in [3.8, 4) is 0 Å². The van der Waals surface area contributed by atoms with Gasteiger partial charge in [0, 0.05) is 54.7 Å². The zero-order valence-corrected chi connectivity index (χ0v) is 18.6. The molecule has 2 heterocycles. The average molecular weight is 481 g/mol. The molecule has 0 unspecified atom stereocenters. The van der Waals surface area contributed by atoms with Gasteiger partial charge in [-0.05, 0) is 48.4 Å². The van der Waals surface area contributed by atoms with Gasteiger partial charge in [0.05, 0.1) is 5.56 Å². The first-order valence-corrected chi connectivity index (χ1v) is 11.2. The Bertz CT molecular complexity index is 1070. The van der Waals surface area contributed by atoms with Crippen molar-refractivity contribution in [2.24, 2.45) is 0 Å². The van der Waals surface area contributed by atoms with Gasteiger partial charge in [-0.1, -0.05) is 23.7 Å². The van der Waals surface area contributed by atoms with E-state index in [4.69, 9.17) is 11.6 Å². The molecule has 1 saturated heterocycles. The highest BCUT2D eigenvalue weighted by molar-refractivity contribution is 7.09. The summed E-state index contributed by atoms with van der Waals surface area (Å²) in [5.41, 5.74) is 0.567. The normalized spacial score (nSPS) is 15.0. The Balaban J connectivity index is 1.37. The molecule has 168 valence electrons. The average Bonchev–Trinajstić information content (AvgIpc) is 3.09. The Hall–Kier alpha value is -2.65.